The number of fused-ring (bicyclic) bond motifs is 1. The van der Waals surface area contributed by atoms with Gasteiger partial charge in [0, 0.05) is 36.8 Å². The van der Waals surface area contributed by atoms with Gasteiger partial charge in [-0.3, -0.25) is 9.78 Å². The molecule has 182 valence electrons. The number of methoxy groups -OCH3 is 1. The van der Waals surface area contributed by atoms with Gasteiger partial charge in [0.05, 0.1) is 12.6 Å². The molecule has 1 N–H and O–H groups in total. The zero-order chi connectivity index (χ0) is 23.6. The van der Waals surface area contributed by atoms with Gasteiger partial charge in [-0.05, 0) is 86.1 Å². The molecule has 1 aromatic heterocycles. The second kappa shape index (κ2) is 13.1. The van der Waals surface area contributed by atoms with Crippen molar-refractivity contribution in [3.63, 3.8) is 0 Å². The van der Waals surface area contributed by atoms with Crippen molar-refractivity contribution in [3.05, 3.63) is 36.0 Å². The summed E-state index contributed by atoms with van der Waals surface area (Å²) in [6.45, 7) is 5.20. The number of pyridine rings is 1. The van der Waals surface area contributed by atoms with Crippen LogP contribution >= 0.6 is 11.8 Å². The number of hydrogen-bond acceptors (Lipinski definition) is 5. The average molecular weight is 477 g/mol. The fourth-order valence-electron chi connectivity index (χ4n) is 4.88. The minimum absolute atomic E-state index is 0.188. The van der Waals surface area contributed by atoms with E-state index in [1.807, 2.05) is 30.0 Å². The van der Waals surface area contributed by atoms with E-state index in [4.69, 9.17) is 4.74 Å². The summed E-state index contributed by atoms with van der Waals surface area (Å²) in [6, 6.07) is 7.33. The van der Waals surface area contributed by atoms with E-state index in [2.05, 4.69) is 16.8 Å². The second-order valence-corrected chi connectivity index (χ2v) is 10.2. The average Bonchev–Trinajstić information content (AvgIpc) is 2.83. The Kier molecular flexibility index (Phi) is 10.3. The van der Waals surface area contributed by atoms with Gasteiger partial charge >= 0.3 is 5.97 Å². The smallest absolute Gasteiger partial charge is 0.303 e. The molecule has 0 aliphatic carbocycles. The van der Waals surface area contributed by atoms with Gasteiger partial charge in [0.1, 0.15) is 11.9 Å². The van der Waals surface area contributed by atoms with E-state index in [9.17, 15) is 9.90 Å². The van der Waals surface area contributed by atoms with Crippen molar-refractivity contribution in [1.82, 2.24) is 9.88 Å². The summed E-state index contributed by atoms with van der Waals surface area (Å²) in [5.74, 6) is 2.94. The number of hydrogen-bond donors (Lipinski definition) is 1. The van der Waals surface area contributed by atoms with Crippen LogP contribution in [0.15, 0.2) is 30.5 Å². The number of rotatable bonds is 13. The summed E-state index contributed by atoms with van der Waals surface area (Å²) in [5, 5.41) is 10.0. The van der Waals surface area contributed by atoms with Gasteiger partial charge in [0.2, 0.25) is 0 Å². The van der Waals surface area contributed by atoms with Gasteiger partial charge in [-0.1, -0.05) is 6.92 Å². The summed E-state index contributed by atoms with van der Waals surface area (Å²) in [7, 11) is 1.61. The Labute approximate surface area is 201 Å². The van der Waals surface area contributed by atoms with Gasteiger partial charge in [-0.25, -0.2) is 4.39 Å². The van der Waals surface area contributed by atoms with E-state index in [1.54, 1.807) is 19.4 Å². The largest absolute Gasteiger partial charge is 0.497 e. The lowest BCUT2D eigenvalue weighted by Crippen LogP contribution is -2.41. The summed E-state index contributed by atoms with van der Waals surface area (Å²) in [6.07, 6.45) is 4.87. The second-order valence-electron chi connectivity index (χ2n) is 8.98. The zero-order valence-corrected chi connectivity index (χ0v) is 20.7. The number of carboxylic acid groups (broad SMARTS) is 1. The Bertz CT molecular complexity index is 897. The maximum Gasteiger partial charge on any atom is 0.303 e. The normalized spacial score (nSPS) is 20.1. The summed E-state index contributed by atoms with van der Waals surface area (Å²) in [5.41, 5.74) is 1.43. The molecule has 2 aromatic rings. The highest BCUT2D eigenvalue weighted by molar-refractivity contribution is 7.99. The molecule has 0 spiro atoms. The number of alkyl halides is 1. The molecule has 2 heterocycles. The molecule has 1 fully saturated rings. The molecule has 0 amide bonds. The SMILES string of the molecule is CCCSCCN1CCC(CC[C@H](F)c2ccnc3ccc(OC)cc23)C(CCC(=O)O)C1. The minimum atomic E-state index is -1.08. The standard InChI is InChI=1S/C26H37FN2O3S/c1-3-15-33-16-14-29-13-11-19(20(18-29)5-9-26(30)31)4-7-24(27)22-10-12-28-25-8-6-21(32-2)17-23(22)25/h6,8,10,12,17,19-20,24H,3-5,7,9,11,13-16,18H2,1-2H3,(H,30,31)/t19?,20?,24-/m0/s1. The van der Waals surface area contributed by atoms with Crippen LogP contribution in [0, 0.1) is 11.8 Å². The van der Waals surface area contributed by atoms with Crippen LogP contribution in [-0.4, -0.2) is 59.2 Å². The van der Waals surface area contributed by atoms with Crippen molar-refractivity contribution in [2.75, 3.05) is 38.2 Å². The Morgan fingerprint density at radius 2 is 2.15 bits per heavy atom. The molecule has 0 bridgehead atoms. The molecule has 2 unspecified atom stereocenters. The molecule has 1 aliphatic rings. The number of nitrogens with zero attached hydrogens (tertiary/aromatic N) is 2. The fraction of sp³-hybridized carbons (Fsp3) is 0.615. The number of aromatic nitrogens is 1. The van der Waals surface area contributed by atoms with E-state index in [1.165, 1.54) is 12.2 Å². The number of thioether (sulfide) groups is 1. The third-order valence-corrected chi connectivity index (χ3v) is 7.88. The van der Waals surface area contributed by atoms with Crippen molar-refractivity contribution in [1.29, 1.82) is 0 Å². The molecule has 0 saturated carbocycles. The maximum absolute atomic E-state index is 15.4. The first-order chi connectivity index (χ1) is 16.0. The van der Waals surface area contributed by atoms with E-state index in [0.717, 1.165) is 49.1 Å². The van der Waals surface area contributed by atoms with Crippen LogP contribution in [0.25, 0.3) is 10.9 Å². The third kappa shape index (κ3) is 7.57. The molecule has 3 atom stereocenters. The predicted octanol–water partition coefficient (Wildman–Crippen LogP) is 5.98. The van der Waals surface area contributed by atoms with Gasteiger partial charge < -0.3 is 14.7 Å². The van der Waals surface area contributed by atoms with Crippen LogP contribution in [0.2, 0.25) is 0 Å². The van der Waals surface area contributed by atoms with Crippen LogP contribution in [0.4, 0.5) is 4.39 Å². The van der Waals surface area contributed by atoms with E-state index in [0.29, 0.717) is 36.0 Å². The van der Waals surface area contributed by atoms with Crippen LogP contribution in [0.5, 0.6) is 5.75 Å². The predicted molar refractivity (Wildman–Crippen MR) is 134 cm³/mol. The van der Waals surface area contributed by atoms with Crippen LogP contribution in [-0.2, 0) is 4.79 Å². The topological polar surface area (TPSA) is 62.7 Å². The Morgan fingerprint density at radius 1 is 1.30 bits per heavy atom. The van der Waals surface area contributed by atoms with E-state index in [-0.39, 0.29) is 6.42 Å². The van der Waals surface area contributed by atoms with Gasteiger partial charge in [-0.15, -0.1) is 0 Å². The first kappa shape index (κ1) is 25.8. The van der Waals surface area contributed by atoms with Crippen LogP contribution in [0.1, 0.15) is 57.2 Å². The van der Waals surface area contributed by atoms with Crippen molar-refractivity contribution in [3.8, 4) is 5.75 Å². The molecular formula is C26H37FN2O3S. The van der Waals surface area contributed by atoms with Gasteiger partial charge in [-0.2, -0.15) is 11.8 Å². The molecule has 3 rings (SSSR count). The highest BCUT2D eigenvalue weighted by Crippen LogP contribution is 2.36. The zero-order valence-electron chi connectivity index (χ0n) is 19.8. The summed E-state index contributed by atoms with van der Waals surface area (Å²) >= 11 is 1.98. The quantitative estimate of drug-likeness (QED) is 0.359. The Hall–Kier alpha value is -1.86. The van der Waals surface area contributed by atoms with E-state index < -0.39 is 12.1 Å². The molecular weight excluding hydrogens is 439 g/mol. The first-order valence-electron chi connectivity index (χ1n) is 12.1. The third-order valence-electron chi connectivity index (χ3n) is 6.72. The number of halogens is 1. The van der Waals surface area contributed by atoms with Gasteiger partial charge in [0.25, 0.3) is 0 Å². The number of likely N-dealkylation sites (tertiary alicyclic amines) is 1. The number of benzene rings is 1. The number of aliphatic carboxylic acids is 1. The highest BCUT2D eigenvalue weighted by Gasteiger charge is 2.30. The highest BCUT2D eigenvalue weighted by atomic mass is 32.2. The number of carbonyl (C=O) groups is 1. The maximum atomic E-state index is 15.4. The molecule has 1 saturated heterocycles. The molecule has 7 heteroatoms. The fourth-order valence-corrected chi connectivity index (χ4v) is 5.76. The van der Waals surface area contributed by atoms with Crippen LogP contribution < -0.4 is 4.74 Å². The molecule has 33 heavy (non-hydrogen) atoms. The van der Waals surface area contributed by atoms with Crippen molar-refractivity contribution in [2.24, 2.45) is 11.8 Å². The number of carboxylic acids is 1. The Balaban J connectivity index is 1.62. The molecule has 1 aliphatic heterocycles. The molecule has 0 radical (unpaired) electrons. The lowest BCUT2D eigenvalue weighted by atomic mass is 9.79. The summed E-state index contributed by atoms with van der Waals surface area (Å²) in [4.78, 5) is 18.0. The minimum Gasteiger partial charge on any atom is -0.497 e. The molecule has 5 nitrogen and oxygen atoms in total. The lowest BCUT2D eigenvalue weighted by molar-refractivity contribution is -0.137. The monoisotopic (exact) mass is 476 g/mol. The van der Waals surface area contributed by atoms with Gasteiger partial charge in [0.15, 0.2) is 0 Å². The van der Waals surface area contributed by atoms with Crippen molar-refractivity contribution < 1.29 is 19.0 Å². The van der Waals surface area contributed by atoms with Crippen molar-refractivity contribution in [2.45, 2.75) is 51.6 Å². The number of ether oxygens (including phenoxy) is 1. The lowest BCUT2D eigenvalue weighted by Gasteiger charge is -2.39. The van der Waals surface area contributed by atoms with Crippen molar-refractivity contribution >= 4 is 28.6 Å². The van der Waals surface area contributed by atoms with Crippen LogP contribution in [0.3, 0.4) is 0 Å². The Morgan fingerprint density at radius 3 is 2.91 bits per heavy atom. The first-order valence-corrected chi connectivity index (χ1v) is 13.3. The summed E-state index contributed by atoms with van der Waals surface area (Å²) < 4.78 is 20.8. The number of piperidine rings is 1. The van der Waals surface area contributed by atoms with E-state index >= 15 is 4.39 Å². The molecule has 1 aromatic carbocycles.